The van der Waals surface area contributed by atoms with Gasteiger partial charge in [0, 0.05) is 53.5 Å². The molecule has 0 unspecified atom stereocenters. The minimum absolute atomic E-state index is 0.110. The van der Waals surface area contributed by atoms with Crippen molar-refractivity contribution >= 4 is 34.7 Å². The Morgan fingerprint density at radius 2 is 1.34 bits per heavy atom. The zero-order chi connectivity index (χ0) is 32.8. The molecule has 2 N–H and O–H groups in total. The zero-order valence-electron chi connectivity index (χ0n) is 25.3. The molecule has 0 saturated heterocycles. The van der Waals surface area contributed by atoms with Crippen molar-refractivity contribution in [3.05, 3.63) is 162 Å². The molecule has 8 heteroatoms. The number of carbonyl (C=O) groups is 3. The Labute approximate surface area is 271 Å². The summed E-state index contributed by atoms with van der Waals surface area (Å²) in [5, 5.41) is 5.56. The van der Waals surface area contributed by atoms with Gasteiger partial charge in [-0.25, -0.2) is 8.78 Å². The highest BCUT2D eigenvalue weighted by atomic mass is 19.3. The van der Waals surface area contributed by atoms with Gasteiger partial charge in [-0.05, 0) is 53.1 Å². The summed E-state index contributed by atoms with van der Waals surface area (Å²) in [7, 11) is 0. The first-order chi connectivity index (χ1) is 22.8. The smallest absolute Gasteiger partial charge is 0.275 e. The van der Waals surface area contributed by atoms with Crippen molar-refractivity contribution in [3.63, 3.8) is 0 Å². The molecule has 0 atom stereocenters. The molecule has 1 aliphatic heterocycles. The number of halogens is 2. The molecular weight excluding hydrogens is 596 g/mol. The van der Waals surface area contributed by atoms with Crippen molar-refractivity contribution in [1.82, 2.24) is 5.32 Å². The van der Waals surface area contributed by atoms with Gasteiger partial charge in [0.15, 0.2) is 0 Å². The molecule has 1 aliphatic rings. The van der Waals surface area contributed by atoms with Crippen LogP contribution in [0.4, 0.5) is 20.2 Å². The topological polar surface area (TPSA) is 78.5 Å². The van der Waals surface area contributed by atoms with E-state index in [4.69, 9.17) is 0 Å². The third-order valence-corrected chi connectivity index (χ3v) is 8.00. The molecule has 234 valence electrons. The average Bonchev–Trinajstić information content (AvgIpc) is 3.21. The van der Waals surface area contributed by atoms with E-state index in [1.807, 2.05) is 72.8 Å². The van der Waals surface area contributed by atoms with Crippen LogP contribution < -0.4 is 15.5 Å². The van der Waals surface area contributed by atoms with Crippen molar-refractivity contribution in [2.75, 3.05) is 16.8 Å². The Balaban J connectivity index is 1.21. The molecule has 1 heterocycles. The first-order valence-corrected chi connectivity index (χ1v) is 15.2. The van der Waals surface area contributed by atoms with Crippen molar-refractivity contribution in [2.45, 2.75) is 18.9 Å². The maximum Gasteiger partial charge on any atom is 0.275 e. The lowest BCUT2D eigenvalue weighted by Gasteiger charge is -2.23. The summed E-state index contributed by atoms with van der Waals surface area (Å²) in [4.78, 5) is 41.1. The lowest BCUT2D eigenvalue weighted by atomic mass is 9.97. The fourth-order valence-electron chi connectivity index (χ4n) is 5.60. The van der Waals surface area contributed by atoms with Gasteiger partial charge >= 0.3 is 0 Å². The SMILES string of the molecule is O=C(/C=C1/c2ccccc2N(C(=O)c2ccc(NC(=O)c3ccccc3-c3ccccc3)cc2)CCC1(F)F)NCc1ccccc1. The normalized spacial score (nSPS) is 14.5. The number of carbonyl (C=O) groups excluding carboxylic acids is 3. The van der Waals surface area contributed by atoms with Crippen LogP contribution in [0.2, 0.25) is 0 Å². The van der Waals surface area contributed by atoms with E-state index >= 15 is 8.78 Å². The van der Waals surface area contributed by atoms with Gasteiger partial charge in [-0.1, -0.05) is 97.1 Å². The molecule has 0 spiro atoms. The van der Waals surface area contributed by atoms with Gasteiger partial charge in [0.1, 0.15) is 0 Å². The van der Waals surface area contributed by atoms with E-state index < -0.39 is 29.7 Å². The predicted molar refractivity (Wildman–Crippen MR) is 180 cm³/mol. The number of rotatable bonds is 7. The van der Waals surface area contributed by atoms with E-state index in [0.29, 0.717) is 11.3 Å². The summed E-state index contributed by atoms with van der Waals surface area (Å²) in [6, 6.07) is 38.8. The van der Waals surface area contributed by atoms with Crippen LogP contribution in [0.1, 0.15) is 38.3 Å². The van der Waals surface area contributed by atoms with Gasteiger partial charge in [0.25, 0.3) is 17.7 Å². The predicted octanol–water partition coefficient (Wildman–Crippen LogP) is 7.99. The largest absolute Gasteiger partial charge is 0.348 e. The molecule has 6 nitrogen and oxygen atoms in total. The van der Waals surface area contributed by atoms with Crippen LogP contribution in [0.15, 0.2) is 140 Å². The third-order valence-electron chi connectivity index (χ3n) is 8.00. The Kier molecular flexibility index (Phi) is 9.02. The Morgan fingerprint density at radius 1 is 0.723 bits per heavy atom. The van der Waals surface area contributed by atoms with Crippen molar-refractivity contribution in [3.8, 4) is 11.1 Å². The molecule has 5 aromatic carbocycles. The Hall–Kier alpha value is -5.89. The van der Waals surface area contributed by atoms with E-state index in [2.05, 4.69) is 10.6 Å². The van der Waals surface area contributed by atoms with Crippen LogP contribution in [0.25, 0.3) is 16.7 Å². The molecule has 0 bridgehead atoms. The second-order valence-electron chi connectivity index (χ2n) is 11.1. The second-order valence-corrected chi connectivity index (χ2v) is 11.1. The number of alkyl halides is 2. The Morgan fingerprint density at radius 3 is 2.06 bits per heavy atom. The van der Waals surface area contributed by atoms with E-state index in [1.165, 1.54) is 11.0 Å². The Bertz CT molecular complexity index is 1940. The lowest BCUT2D eigenvalue weighted by Crippen LogP contribution is -2.33. The highest BCUT2D eigenvalue weighted by Crippen LogP contribution is 2.43. The minimum atomic E-state index is -3.36. The minimum Gasteiger partial charge on any atom is -0.348 e. The molecule has 0 fully saturated rings. The van der Waals surface area contributed by atoms with Crippen molar-refractivity contribution in [2.24, 2.45) is 0 Å². The number of nitrogens with zero attached hydrogens (tertiary/aromatic N) is 1. The first kappa shape index (κ1) is 31.1. The quantitative estimate of drug-likeness (QED) is 0.180. The van der Waals surface area contributed by atoms with E-state index in [-0.39, 0.29) is 35.8 Å². The molecule has 0 radical (unpaired) electrons. The summed E-state index contributed by atoms with van der Waals surface area (Å²) in [6.45, 7) is -0.0716. The number of fused-ring (bicyclic) bond motifs is 1. The van der Waals surface area contributed by atoms with Gasteiger partial charge < -0.3 is 15.5 Å². The number of anilines is 2. The third kappa shape index (κ3) is 7.02. The van der Waals surface area contributed by atoms with E-state index in [9.17, 15) is 14.4 Å². The van der Waals surface area contributed by atoms with Crippen molar-refractivity contribution in [1.29, 1.82) is 0 Å². The number of nitrogens with one attached hydrogen (secondary N) is 2. The standard InChI is InChI=1S/C39H31F2N3O3/c40-39(41)23-24-44(35-18-10-9-17-33(35)34(39)25-36(45)42-26-27-11-3-1-4-12-27)38(47)29-19-21-30(22-20-29)43-37(46)32-16-8-7-15-31(32)28-13-5-2-6-14-28/h1-22,25H,23-24,26H2,(H,42,45)(H,43,46)/b34-25-. The molecule has 0 saturated carbocycles. The van der Waals surface area contributed by atoms with Gasteiger partial charge in [-0.15, -0.1) is 0 Å². The second kappa shape index (κ2) is 13.6. The van der Waals surface area contributed by atoms with Crippen LogP contribution in [0, 0.1) is 0 Å². The molecule has 6 rings (SSSR count). The van der Waals surface area contributed by atoms with Crippen molar-refractivity contribution < 1.29 is 23.2 Å². The van der Waals surface area contributed by atoms with Crippen LogP contribution in [0.5, 0.6) is 0 Å². The van der Waals surface area contributed by atoms with Gasteiger partial charge in [-0.2, -0.15) is 0 Å². The number of para-hydroxylation sites is 1. The molecule has 0 aromatic heterocycles. The summed E-state index contributed by atoms with van der Waals surface area (Å²) in [6.07, 6.45) is 0.267. The number of hydrogen-bond donors (Lipinski definition) is 2. The zero-order valence-corrected chi connectivity index (χ0v) is 25.3. The summed E-state index contributed by atoms with van der Waals surface area (Å²) in [5.41, 5.74) is 3.73. The monoisotopic (exact) mass is 627 g/mol. The molecular formula is C39H31F2N3O3. The van der Waals surface area contributed by atoms with Crippen LogP contribution in [0.3, 0.4) is 0 Å². The fraction of sp³-hybridized carbons (Fsp3) is 0.103. The summed E-state index contributed by atoms with van der Waals surface area (Å²) >= 11 is 0. The number of hydrogen-bond acceptors (Lipinski definition) is 3. The van der Waals surface area contributed by atoms with E-state index in [1.54, 1.807) is 54.6 Å². The summed E-state index contributed by atoms with van der Waals surface area (Å²) in [5.74, 6) is -4.80. The maximum atomic E-state index is 15.6. The number of amides is 3. The molecule has 3 amide bonds. The number of benzene rings is 5. The lowest BCUT2D eigenvalue weighted by molar-refractivity contribution is -0.116. The highest BCUT2D eigenvalue weighted by Gasteiger charge is 2.41. The molecule has 47 heavy (non-hydrogen) atoms. The number of allylic oxidation sites excluding steroid dienone is 1. The first-order valence-electron chi connectivity index (χ1n) is 15.2. The van der Waals surface area contributed by atoms with Gasteiger partial charge in [0.2, 0.25) is 5.91 Å². The van der Waals surface area contributed by atoms with Crippen LogP contribution >= 0.6 is 0 Å². The fourth-order valence-corrected chi connectivity index (χ4v) is 5.60. The molecule has 0 aliphatic carbocycles. The summed E-state index contributed by atoms with van der Waals surface area (Å²) < 4.78 is 31.2. The van der Waals surface area contributed by atoms with E-state index in [0.717, 1.165) is 22.8 Å². The maximum absolute atomic E-state index is 15.6. The van der Waals surface area contributed by atoms with Gasteiger partial charge in [0.05, 0.1) is 5.69 Å². The van der Waals surface area contributed by atoms with Gasteiger partial charge in [-0.3, -0.25) is 14.4 Å². The molecule has 5 aromatic rings. The van der Waals surface area contributed by atoms with Crippen LogP contribution in [-0.4, -0.2) is 30.2 Å². The van der Waals surface area contributed by atoms with Crippen LogP contribution in [-0.2, 0) is 11.3 Å². The highest BCUT2D eigenvalue weighted by molar-refractivity contribution is 6.11. The average molecular weight is 628 g/mol.